The van der Waals surface area contributed by atoms with E-state index in [1.54, 1.807) is 48.4 Å². The van der Waals surface area contributed by atoms with Crippen LogP contribution in [0.5, 0.6) is 0 Å². The maximum atomic E-state index is 11.8. The molecule has 0 N–H and O–H groups in total. The van der Waals surface area contributed by atoms with Crippen molar-refractivity contribution in [2.24, 2.45) is 7.05 Å². The van der Waals surface area contributed by atoms with Crippen LogP contribution in [0.3, 0.4) is 0 Å². The first-order chi connectivity index (χ1) is 8.16. The number of benzene rings is 1. The number of ketones is 2. The lowest BCUT2D eigenvalue weighted by atomic mass is 10.1. The zero-order chi connectivity index (χ0) is 12.3. The van der Waals surface area contributed by atoms with Crippen molar-refractivity contribution in [3.8, 4) is 0 Å². The molecule has 86 valence electrons. The summed E-state index contributed by atoms with van der Waals surface area (Å²) in [6, 6.07) is 8.79. The third-order valence-corrected chi connectivity index (χ3v) is 2.41. The lowest BCUT2D eigenvalue weighted by Crippen LogP contribution is -2.08. The minimum Gasteiger partial charge on any atom is -0.340 e. The van der Waals surface area contributed by atoms with Crippen LogP contribution >= 0.6 is 0 Å². The van der Waals surface area contributed by atoms with Crippen molar-refractivity contribution in [2.75, 3.05) is 0 Å². The van der Waals surface area contributed by atoms with Gasteiger partial charge in [0, 0.05) is 18.8 Å². The summed E-state index contributed by atoms with van der Waals surface area (Å²) in [5, 5.41) is 0. The van der Waals surface area contributed by atoms with Crippen LogP contribution in [0.1, 0.15) is 27.3 Å². The summed E-state index contributed by atoms with van der Waals surface area (Å²) >= 11 is 0. The van der Waals surface area contributed by atoms with Crippen LogP contribution in [0.15, 0.2) is 42.9 Å². The second-order valence-electron chi connectivity index (χ2n) is 3.81. The second kappa shape index (κ2) is 4.74. The van der Waals surface area contributed by atoms with Gasteiger partial charge in [-0.25, -0.2) is 4.98 Å². The van der Waals surface area contributed by atoms with Crippen LogP contribution in [0.4, 0.5) is 0 Å². The first-order valence-corrected chi connectivity index (χ1v) is 5.26. The van der Waals surface area contributed by atoms with E-state index in [0.29, 0.717) is 11.3 Å². The van der Waals surface area contributed by atoms with Crippen LogP contribution < -0.4 is 0 Å². The van der Waals surface area contributed by atoms with Crippen molar-refractivity contribution >= 4 is 11.6 Å². The van der Waals surface area contributed by atoms with Crippen molar-refractivity contribution in [3.05, 3.63) is 54.1 Å². The van der Waals surface area contributed by atoms with Crippen LogP contribution in [0.25, 0.3) is 0 Å². The van der Waals surface area contributed by atoms with Crippen LogP contribution in [0.2, 0.25) is 0 Å². The monoisotopic (exact) mass is 228 g/mol. The van der Waals surface area contributed by atoms with Gasteiger partial charge in [-0.1, -0.05) is 30.3 Å². The average Bonchev–Trinajstić information content (AvgIpc) is 2.77. The molecule has 0 atom stereocenters. The molecule has 0 spiro atoms. The topological polar surface area (TPSA) is 52.0 Å². The summed E-state index contributed by atoms with van der Waals surface area (Å²) in [5.41, 5.74) is 0.883. The molecule has 17 heavy (non-hydrogen) atoms. The molecule has 0 amide bonds. The van der Waals surface area contributed by atoms with Crippen molar-refractivity contribution in [2.45, 2.75) is 6.42 Å². The minimum absolute atomic E-state index is 0.138. The molecule has 0 radical (unpaired) electrons. The Morgan fingerprint density at radius 1 is 1.18 bits per heavy atom. The highest BCUT2D eigenvalue weighted by molar-refractivity contribution is 6.12. The van der Waals surface area contributed by atoms with Crippen molar-refractivity contribution in [1.29, 1.82) is 0 Å². The van der Waals surface area contributed by atoms with E-state index < -0.39 is 0 Å². The fraction of sp³-hybridized carbons (Fsp3) is 0.154. The number of hydrogen-bond donors (Lipinski definition) is 0. The van der Waals surface area contributed by atoms with Gasteiger partial charge in [0.2, 0.25) is 0 Å². The molecule has 0 fully saturated rings. The summed E-state index contributed by atoms with van der Waals surface area (Å²) in [7, 11) is 1.78. The molecule has 0 aliphatic heterocycles. The quantitative estimate of drug-likeness (QED) is 0.593. The molecule has 0 saturated heterocycles. The number of hydrogen-bond acceptors (Lipinski definition) is 3. The number of aromatic nitrogens is 2. The Hall–Kier alpha value is -2.23. The standard InChI is InChI=1S/C13H12N2O2/c1-15-8-11(14-9-15)13(17)7-12(16)10-5-3-2-4-6-10/h2-6,8-9H,7H2,1H3. The predicted molar refractivity (Wildman–Crippen MR) is 62.9 cm³/mol. The molecule has 4 heteroatoms. The maximum absolute atomic E-state index is 11.8. The molecular weight excluding hydrogens is 216 g/mol. The highest BCUT2D eigenvalue weighted by Gasteiger charge is 2.15. The normalized spacial score (nSPS) is 10.2. The summed E-state index contributed by atoms with van der Waals surface area (Å²) in [6.07, 6.45) is 3.02. The molecule has 0 bridgehead atoms. The molecule has 2 aromatic rings. The molecule has 1 aromatic carbocycles. The first kappa shape index (κ1) is 11.3. The Labute approximate surface area is 98.9 Å². The van der Waals surface area contributed by atoms with Gasteiger partial charge in [-0.05, 0) is 0 Å². The number of aryl methyl sites for hydroxylation is 1. The number of carbonyl (C=O) groups excluding carboxylic acids is 2. The number of rotatable bonds is 4. The molecule has 0 unspecified atom stereocenters. The SMILES string of the molecule is Cn1cnc(C(=O)CC(=O)c2ccccc2)c1. The fourth-order valence-electron chi connectivity index (χ4n) is 1.52. The molecule has 1 heterocycles. The fourth-order valence-corrected chi connectivity index (χ4v) is 1.52. The van der Waals surface area contributed by atoms with Crippen molar-refractivity contribution in [1.82, 2.24) is 9.55 Å². The third kappa shape index (κ3) is 2.66. The Morgan fingerprint density at radius 3 is 2.47 bits per heavy atom. The zero-order valence-corrected chi connectivity index (χ0v) is 9.46. The van der Waals surface area contributed by atoms with Gasteiger partial charge < -0.3 is 4.57 Å². The van der Waals surface area contributed by atoms with Gasteiger partial charge in [0.05, 0.1) is 12.7 Å². The van der Waals surface area contributed by atoms with Crippen LogP contribution in [-0.4, -0.2) is 21.1 Å². The van der Waals surface area contributed by atoms with Crippen LogP contribution in [0, 0.1) is 0 Å². The van der Waals surface area contributed by atoms with E-state index in [-0.39, 0.29) is 18.0 Å². The minimum atomic E-state index is -0.251. The maximum Gasteiger partial charge on any atom is 0.190 e. The van der Waals surface area contributed by atoms with Gasteiger partial charge in [0.15, 0.2) is 11.6 Å². The Kier molecular flexibility index (Phi) is 3.14. The summed E-state index contributed by atoms with van der Waals surface area (Å²) < 4.78 is 1.68. The molecule has 2 rings (SSSR count). The van der Waals surface area contributed by atoms with Gasteiger partial charge in [-0.2, -0.15) is 0 Å². The highest BCUT2D eigenvalue weighted by atomic mass is 16.1. The predicted octanol–water partition coefficient (Wildman–Crippen LogP) is 1.88. The molecule has 0 saturated carbocycles. The third-order valence-electron chi connectivity index (χ3n) is 2.41. The molecule has 0 aliphatic carbocycles. The van der Waals surface area contributed by atoms with Gasteiger partial charge in [0.1, 0.15) is 5.69 Å². The van der Waals surface area contributed by atoms with Gasteiger partial charge in [-0.15, -0.1) is 0 Å². The van der Waals surface area contributed by atoms with E-state index in [4.69, 9.17) is 0 Å². The second-order valence-corrected chi connectivity index (χ2v) is 3.81. The van der Waals surface area contributed by atoms with E-state index >= 15 is 0 Å². The van der Waals surface area contributed by atoms with Gasteiger partial charge >= 0.3 is 0 Å². The van der Waals surface area contributed by atoms with Crippen molar-refractivity contribution < 1.29 is 9.59 Å². The number of Topliss-reactive ketones (excluding diaryl/α,β-unsaturated/α-hetero) is 2. The van der Waals surface area contributed by atoms with E-state index in [1.165, 1.54) is 0 Å². The molecule has 1 aromatic heterocycles. The van der Waals surface area contributed by atoms with Crippen LogP contribution in [-0.2, 0) is 7.05 Å². The summed E-state index contributed by atoms with van der Waals surface area (Å²) in [4.78, 5) is 27.4. The average molecular weight is 228 g/mol. The van der Waals surface area contributed by atoms with Gasteiger partial charge in [-0.3, -0.25) is 9.59 Å². The van der Waals surface area contributed by atoms with E-state index in [2.05, 4.69) is 4.98 Å². The smallest absolute Gasteiger partial charge is 0.190 e. The van der Waals surface area contributed by atoms with E-state index in [0.717, 1.165) is 0 Å². The van der Waals surface area contributed by atoms with Crippen molar-refractivity contribution in [3.63, 3.8) is 0 Å². The zero-order valence-electron chi connectivity index (χ0n) is 9.46. The lowest BCUT2D eigenvalue weighted by Gasteiger charge is -1.98. The molecular formula is C13H12N2O2. The first-order valence-electron chi connectivity index (χ1n) is 5.26. The number of nitrogens with zero attached hydrogens (tertiary/aromatic N) is 2. The number of carbonyl (C=O) groups is 2. The Morgan fingerprint density at radius 2 is 1.88 bits per heavy atom. The number of imidazole rings is 1. The van der Waals surface area contributed by atoms with Gasteiger partial charge in [0.25, 0.3) is 0 Å². The van der Waals surface area contributed by atoms with E-state index in [1.807, 2.05) is 6.07 Å². The van der Waals surface area contributed by atoms with E-state index in [9.17, 15) is 9.59 Å². The lowest BCUT2D eigenvalue weighted by molar-refractivity contribution is 0.0891. The summed E-state index contributed by atoms with van der Waals surface area (Å²) in [6.45, 7) is 0. The molecule has 4 nitrogen and oxygen atoms in total. The highest BCUT2D eigenvalue weighted by Crippen LogP contribution is 2.07. The largest absolute Gasteiger partial charge is 0.340 e. The Bertz CT molecular complexity index is 544. The Balaban J connectivity index is 2.07. The summed E-state index contributed by atoms with van der Waals surface area (Å²) in [5.74, 6) is -0.430. The molecule has 0 aliphatic rings.